The van der Waals surface area contributed by atoms with Crippen molar-refractivity contribution in [2.75, 3.05) is 17.6 Å². The van der Waals surface area contributed by atoms with Gasteiger partial charge >= 0.3 is 0 Å². The van der Waals surface area contributed by atoms with Gasteiger partial charge in [-0.25, -0.2) is 9.37 Å². The molecule has 1 aliphatic carbocycles. The molecule has 2 aromatic rings. The lowest BCUT2D eigenvalue weighted by Gasteiger charge is -2.30. The summed E-state index contributed by atoms with van der Waals surface area (Å²) in [5.74, 6) is 1.16. The zero-order chi connectivity index (χ0) is 24.6. The van der Waals surface area contributed by atoms with Crippen LogP contribution in [0.15, 0.2) is 59.8 Å². The van der Waals surface area contributed by atoms with Gasteiger partial charge in [0, 0.05) is 35.3 Å². The van der Waals surface area contributed by atoms with Crippen molar-refractivity contribution in [2.45, 2.75) is 46.2 Å². The first-order chi connectivity index (χ1) is 16.2. The highest BCUT2D eigenvalue weighted by atomic mass is 19.1. The van der Waals surface area contributed by atoms with Gasteiger partial charge in [0.05, 0.1) is 5.71 Å². The molecule has 4 rings (SSSR count). The Morgan fingerprint density at radius 2 is 2.12 bits per heavy atom. The fraction of sp³-hybridized carbons (Fsp3) is 0.393. The molecule has 1 aliphatic heterocycles. The van der Waals surface area contributed by atoms with E-state index in [1.807, 2.05) is 18.2 Å². The summed E-state index contributed by atoms with van der Waals surface area (Å²) < 4.78 is 16.3. The van der Waals surface area contributed by atoms with Crippen LogP contribution < -0.4 is 11.1 Å². The molecule has 178 valence electrons. The molecule has 34 heavy (non-hydrogen) atoms. The Kier molecular flexibility index (Phi) is 6.43. The molecule has 2 heterocycles. The van der Waals surface area contributed by atoms with Crippen LogP contribution >= 0.6 is 0 Å². The second-order valence-corrected chi connectivity index (χ2v) is 9.59. The van der Waals surface area contributed by atoms with Gasteiger partial charge in [0.1, 0.15) is 5.82 Å². The van der Waals surface area contributed by atoms with E-state index in [0.29, 0.717) is 35.3 Å². The Labute approximate surface area is 200 Å². The summed E-state index contributed by atoms with van der Waals surface area (Å²) in [5, 5.41) is 4.52. The lowest BCUT2D eigenvalue weighted by Crippen LogP contribution is -2.36. The Hall–Kier alpha value is -3.28. The van der Waals surface area contributed by atoms with Crippen LogP contribution in [0.4, 0.5) is 15.9 Å². The van der Waals surface area contributed by atoms with Crippen LogP contribution in [0.2, 0.25) is 0 Å². The van der Waals surface area contributed by atoms with Gasteiger partial charge in [0.25, 0.3) is 0 Å². The molecule has 5 nitrogen and oxygen atoms in total. The fourth-order valence-corrected chi connectivity index (χ4v) is 4.52. The Morgan fingerprint density at radius 3 is 2.74 bits per heavy atom. The summed E-state index contributed by atoms with van der Waals surface area (Å²) >= 11 is 0. The van der Waals surface area contributed by atoms with Crippen molar-refractivity contribution < 1.29 is 9.18 Å². The number of carbonyl (C=O) groups is 1. The van der Waals surface area contributed by atoms with Crippen molar-refractivity contribution in [3.8, 4) is 0 Å². The van der Waals surface area contributed by atoms with Crippen molar-refractivity contribution in [3.05, 3.63) is 60.3 Å². The number of nitrogen functional groups attached to an aromatic ring is 1. The van der Waals surface area contributed by atoms with E-state index >= 15 is 4.39 Å². The van der Waals surface area contributed by atoms with Gasteiger partial charge < -0.3 is 11.1 Å². The topological polar surface area (TPSA) is 80.4 Å². The molecule has 0 radical (unpaired) electrons. The van der Waals surface area contributed by atoms with Gasteiger partial charge in [-0.3, -0.25) is 9.79 Å². The van der Waals surface area contributed by atoms with Crippen molar-refractivity contribution in [1.29, 1.82) is 0 Å². The predicted octanol–water partition coefficient (Wildman–Crippen LogP) is 6.14. The number of nitrogens with two attached hydrogens (primary N) is 1. The average Bonchev–Trinajstić information content (AvgIpc) is 3.55. The number of allylic oxidation sites excluding steroid dienone is 4. The number of pyridine rings is 1. The number of hydrogen-bond acceptors (Lipinski definition) is 4. The first-order valence-electron chi connectivity index (χ1n) is 11.9. The van der Waals surface area contributed by atoms with Gasteiger partial charge in [-0.15, -0.1) is 0 Å². The number of benzene rings is 1. The van der Waals surface area contributed by atoms with Crippen LogP contribution in [-0.2, 0) is 4.79 Å². The number of halogens is 1. The van der Waals surface area contributed by atoms with Gasteiger partial charge in [-0.05, 0) is 79.3 Å². The highest BCUT2D eigenvalue weighted by Crippen LogP contribution is 2.39. The number of aromatic nitrogens is 1. The summed E-state index contributed by atoms with van der Waals surface area (Å²) in [6, 6.07) is 5.64. The Morgan fingerprint density at radius 1 is 1.38 bits per heavy atom. The predicted molar refractivity (Wildman–Crippen MR) is 140 cm³/mol. The lowest BCUT2D eigenvalue weighted by atomic mass is 9.81. The molecule has 0 spiro atoms. The molecule has 3 N–H and O–H groups in total. The van der Waals surface area contributed by atoms with Crippen LogP contribution in [0, 0.1) is 17.8 Å². The highest BCUT2D eigenvalue weighted by molar-refractivity contribution is 6.30. The van der Waals surface area contributed by atoms with Crippen LogP contribution in [0.5, 0.6) is 0 Å². The third-order valence-electron chi connectivity index (χ3n) is 6.91. The lowest BCUT2D eigenvalue weighted by molar-refractivity contribution is -0.117. The van der Waals surface area contributed by atoms with E-state index < -0.39 is 5.67 Å². The second kappa shape index (κ2) is 9.16. The minimum Gasteiger partial charge on any atom is -0.398 e. The maximum absolute atomic E-state index is 16.3. The van der Waals surface area contributed by atoms with Gasteiger partial charge in [-0.1, -0.05) is 32.6 Å². The molecule has 4 atom stereocenters. The SMILES string of the molecule is C=C(C)C(F)(/C=C/C)C1=NCC(CC)C=C1c1cc(N)c2cnc(NC(=O)[C@@H]3C[C@H]3C)cc2c1. The van der Waals surface area contributed by atoms with Gasteiger partial charge in [0.2, 0.25) is 5.91 Å². The van der Waals surface area contributed by atoms with Crippen LogP contribution in [-0.4, -0.2) is 28.8 Å². The summed E-state index contributed by atoms with van der Waals surface area (Å²) in [7, 11) is 0. The number of nitrogens with zero attached hydrogens (tertiary/aromatic N) is 2. The molecule has 6 heteroatoms. The van der Waals surface area contributed by atoms with Crippen LogP contribution in [0.25, 0.3) is 16.3 Å². The molecule has 2 aliphatic rings. The number of nitrogens with one attached hydrogen (secondary N) is 1. The Balaban J connectivity index is 1.79. The number of alkyl halides is 1. The van der Waals surface area contributed by atoms with E-state index in [9.17, 15) is 4.79 Å². The molecule has 1 aromatic carbocycles. The van der Waals surface area contributed by atoms with Crippen LogP contribution in [0.3, 0.4) is 0 Å². The summed E-state index contributed by atoms with van der Waals surface area (Å²) in [5.41, 5.74) is 7.32. The standard InChI is InChI=1S/C28H33FN4O/c1-6-8-28(29,16(3)4)26-22(10-18(7-2)14-32-26)19-11-20-13-25(31-15-23(20)24(30)12-19)33-27(34)21-9-17(21)5/h6,8,10-13,15,17-18,21H,3,7,9,14,30H2,1-2,4-5H3,(H,31,33,34)/b8-6+/t17-,18?,21-,28?/m1/s1. The van der Waals surface area contributed by atoms with Crippen molar-refractivity contribution in [1.82, 2.24) is 4.98 Å². The van der Waals surface area contributed by atoms with Crippen molar-refractivity contribution in [2.24, 2.45) is 22.7 Å². The van der Waals surface area contributed by atoms with Gasteiger partial charge in [-0.2, -0.15) is 0 Å². The van der Waals surface area contributed by atoms with E-state index in [1.165, 1.54) is 6.08 Å². The second-order valence-electron chi connectivity index (χ2n) is 9.59. The van der Waals surface area contributed by atoms with Crippen molar-refractivity contribution >= 4 is 39.5 Å². The molecule has 1 saturated carbocycles. The number of dihydropyridines is 1. The average molecular weight is 461 g/mol. The molecule has 1 fully saturated rings. The number of carbonyl (C=O) groups excluding carboxylic acids is 1. The van der Waals surface area contributed by atoms with E-state index in [-0.39, 0.29) is 17.7 Å². The first-order valence-corrected chi connectivity index (χ1v) is 11.9. The molecule has 2 unspecified atom stereocenters. The van der Waals surface area contributed by atoms with Crippen LogP contribution in [0.1, 0.15) is 46.1 Å². The molecular formula is C28H33FN4O. The van der Waals surface area contributed by atoms with E-state index in [4.69, 9.17) is 10.7 Å². The number of rotatable bonds is 7. The Bertz CT molecular complexity index is 1240. The molecule has 0 bridgehead atoms. The van der Waals surface area contributed by atoms with Gasteiger partial charge in [0.15, 0.2) is 5.67 Å². The molecule has 1 amide bonds. The fourth-order valence-electron chi connectivity index (χ4n) is 4.52. The third kappa shape index (κ3) is 4.41. The normalized spacial score (nSPS) is 23.9. The monoisotopic (exact) mass is 460 g/mol. The minimum atomic E-state index is -1.87. The zero-order valence-corrected chi connectivity index (χ0v) is 20.4. The third-order valence-corrected chi connectivity index (χ3v) is 6.91. The smallest absolute Gasteiger partial charge is 0.228 e. The maximum Gasteiger partial charge on any atom is 0.228 e. The number of fused-ring (bicyclic) bond motifs is 1. The minimum absolute atomic E-state index is 0.00584. The molecular weight excluding hydrogens is 427 g/mol. The number of hydrogen-bond donors (Lipinski definition) is 2. The summed E-state index contributed by atoms with van der Waals surface area (Å²) in [4.78, 5) is 21.5. The summed E-state index contributed by atoms with van der Waals surface area (Å²) in [6.45, 7) is 12.1. The number of aliphatic imine (C=N–C) groups is 1. The van der Waals surface area contributed by atoms with E-state index in [0.717, 1.165) is 34.8 Å². The van der Waals surface area contributed by atoms with E-state index in [2.05, 4.69) is 36.8 Å². The molecule has 1 aromatic heterocycles. The first kappa shape index (κ1) is 23.9. The molecule has 0 saturated heterocycles. The summed E-state index contributed by atoms with van der Waals surface area (Å²) in [6.07, 6.45) is 8.78. The quantitative estimate of drug-likeness (QED) is 0.385. The van der Waals surface area contributed by atoms with E-state index in [1.54, 1.807) is 26.1 Å². The zero-order valence-electron chi connectivity index (χ0n) is 20.4. The maximum atomic E-state index is 16.3. The number of amides is 1. The van der Waals surface area contributed by atoms with Crippen molar-refractivity contribution in [3.63, 3.8) is 0 Å². The number of anilines is 2. The largest absolute Gasteiger partial charge is 0.398 e. The highest BCUT2D eigenvalue weighted by Gasteiger charge is 2.40.